The second-order valence-electron chi connectivity index (χ2n) is 7.14. The van der Waals surface area contributed by atoms with E-state index in [1.54, 1.807) is 12.1 Å². The van der Waals surface area contributed by atoms with Crippen molar-refractivity contribution in [3.05, 3.63) is 59.7 Å². The van der Waals surface area contributed by atoms with Crippen molar-refractivity contribution in [2.24, 2.45) is 0 Å². The molecule has 132 valence electrons. The SMILES string of the molecule is CS(=O)(=O)c1ccccc1C1CC2(CCNCC2)Oc2ccccc21. The molecule has 2 aromatic rings. The summed E-state index contributed by atoms with van der Waals surface area (Å²) in [4.78, 5) is 0.431. The normalized spacial score (nSPS) is 22.2. The maximum atomic E-state index is 12.3. The van der Waals surface area contributed by atoms with Crippen LogP contribution in [-0.4, -0.2) is 33.4 Å². The van der Waals surface area contributed by atoms with E-state index in [-0.39, 0.29) is 11.5 Å². The average Bonchev–Trinajstić information content (AvgIpc) is 2.61. The zero-order chi connectivity index (χ0) is 17.5. The van der Waals surface area contributed by atoms with Gasteiger partial charge in [0, 0.05) is 17.7 Å². The van der Waals surface area contributed by atoms with Crippen LogP contribution in [0.1, 0.15) is 36.3 Å². The summed E-state index contributed by atoms with van der Waals surface area (Å²) >= 11 is 0. The minimum atomic E-state index is -3.28. The minimum absolute atomic E-state index is 0.0361. The van der Waals surface area contributed by atoms with Crippen molar-refractivity contribution in [2.45, 2.75) is 35.7 Å². The van der Waals surface area contributed by atoms with Gasteiger partial charge in [0.15, 0.2) is 9.84 Å². The first-order valence-corrected chi connectivity index (χ1v) is 10.7. The first-order valence-electron chi connectivity index (χ1n) is 8.76. The lowest BCUT2D eigenvalue weighted by molar-refractivity contribution is 0.0111. The molecule has 4 nitrogen and oxygen atoms in total. The first-order chi connectivity index (χ1) is 12.0. The van der Waals surface area contributed by atoms with Crippen LogP contribution in [0.25, 0.3) is 0 Å². The van der Waals surface area contributed by atoms with Crippen molar-refractivity contribution < 1.29 is 13.2 Å². The van der Waals surface area contributed by atoms with Gasteiger partial charge in [-0.2, -0.15) is 0 Å². The fourth-order valence-electron chi connectivity index (χ4n) is 4.19. The Kier molecular flexibility index (Phi) is 4.08. The molecule has 25 heavy (non-hydrogen) atoms. The lowest BCUT2D eigenvalue weighted by Gasteiger charge is -2.45. The maximum absolute atomic E-state index is 12.3. The summed E-state index contributed by atoms with van der Waals surface area (Å²) in [7, 11) is -3.28. The summed E-state index contributed by atoms with van der Waals surface area (Å²) in [6.45, 7) is 1.87. The Bertz CT molecular complexity index is 885. The number of sulfone groups is 1. The van der Waals surface area contributed by atoms with E-state index in [9.17, 15) is 8.42 Å². The zero-order valence-electron chi connectivity index (χ0n) is 14.4. The minimum Gasteiger partial charge on any atom is -0.487 e. The summed E-state index contributed by atoms with van der Waals surface area (Å²) < 4.78 is 31.1. The molecule has 5 heteroatoms. The highest BCUT2D eigenvalue weighted by molar-refractivity contribution is 7.90. The molecule has 0 saturated carbocycles. The van der Waals surface area contributed by atoms with Crippen LogP contribution in [0.5, 0.6) is 5.75 Å². The second-order valence-corrected chi connectivity index (χ2v) is 9.12. The molecule has 1 saturated heterocycles. The van der Waals surface area contributed by atoms with Crippen molar-refractivity contribution >= 4 is 9.84 Å². The van der Waals surface area contributed by atoms with Crippen molar-refractivity contribution in [1.29, 1.82) is 0 Å². The third-order valence-corrected chi connectivity index (χ3v) is 6.58. The zero-order valence-corrected chi connectivity index (χ0v) is 15.2. The van der Waals surface area contributed by atoms with Gasteiger partial charge in [-0.05, 0) is 50.0 Å². The van der Waals surface area contributed by atoms with E-state index in [4.69, 9.17) is 4.74 Å². The molecule has 0 amide bonds. The predicted octanol–water partition coefficient (Wildman–Crippen LogP) is 3.13. The van der Waals surface area contributed by atoms with Crippen molar-refractivity contribution in [2.75, 3.05) is 19.3 Å². The summed E-state index contributed by atoms with van der Waals surface area (Å²) in [5, 5.41) is 3.39. The number of fused-ring (bicyclic) bond motifs is 1. The fraction of sp³-hybridized carbons (Fsp3) is 0.400. The monoisotopic (exact) mass is 357 g/mol. The number of ether oxygens (including phenoxy) is 1. The van der Waals surface area contributed by atoms with Gasteiger partial charge in [0.1, 0.15) is 11.4 Å². The molecule has 2 aliphatic rings. The molecule has 0 bridgehead atoms. The topological polar surface area (TPSA) is 55.4 Å². The van der Waals surface area contributed by atoms with E-state index in [0.717, 1.165) is 49.2 Å². The van der Waals surface area contributed by atoms with Gasteiger partial charge in [0.25, 0.3) is 0 Å². The van der Waals surface area contributed by atoms with E-state index in [1.165, 1.54) is 6.26 Å². The summed E-state index contributed by atoms with van der Waals surface area (Å²) in [5.41, 5.74) is 1.76. The molecule has 1 atom stereocenters. The fourth-order valence-corrected chi connectivity index (χ4v) is 5.15. The largest absolute Gasteiger partial charge is 0.487 e. The molecule has 0 aromatic heterocycles. The number of hydrogen-bond donors (Lipinski definition) is 1. The highest BCUT2D eigenvalue weighted by Gasteiger charge is 2.43. The lowest BCUT2D eigenvalue weighted by atomic mass is 9.75. The van der Waals surface area contributed by atoms with Crippen LogP contribution in [-0.2, 0) is 9.84 Å². The average molecular weight is 357 g/mol. The predicted molar refractivity (Wildman–Crippen MR) is 97.9 cm³/mol. The lowest BCUT2D eigenvalue weighted by Crippen LogP contribution is -2.49. The third kappa shape index (κ3) is 3.07. The number of rotatable bonds is 2. The molecular formula is C20H23NO3S. The smallest absolute Gasteiger partial charge is 0.175 e. The Labute approximate surface area is 149 Å². The Morgan fingerprint density at radius 3 is 2.36 bits per heavy atom. The molecule has 2 heterocycles. The molecule has 4 rings (SSSR count). The summed E-state index contributed by atoms with van der Waals surface area (Å²) in [5.74, 6) is 0.929. The Balaban J connectivity index is 1.86. The van der Waals surface area contributed by atoms with Crippen molar-refractivity contribution in [3.63, 3.8) is 0 Å². The molecule has 1 spiro atoms. The standard InChI is InChI=1S/C20H23NO3S/c1-25(22,23)19-9-5-3-7-16(19)17-14-20(10-12-21-13-11-20)24-18-8-4-2-6-15(17)18/h2-9,17,21H,10-14H2,1H3. The van der Waals surface area contributed by atoms with Crippen LogP contribution < -0.4 is 10.1 Å². The summed E-state index contributed by atoms with van der Waals surface area (Å²) in [6, 6.07) is 15.5. The Hall–Kier alpha value is -1.85. The van der Waals surface area contributed by atoms with Gasteiger partial charge < -0.3 is 10.1 Å². The van der Waals surface area contributed by atoms with Crippen LogP contribution in [0.4, 0.5) is 0 Å². The van der Waals surface area contributed by atoms with E-state index >= 15 is 0 Å². The second kappa shape index (κ2) is 6.15. The molecule has 0 radical (unpaired) electrons. The quantitative estimate of drug-likeness (QED) is 0.897. The Morgan fingerprint density at radius 2 is 1.64 bits per heavy atom. The van der Waals surface area contributed by atoms with Crippen LogP contribution in [0.2, 0.25) is 0 Å². The van der Waals surface area contributed by atoms with Crippen LogP contribution in [0.15, 0.2) is 53.4 Å². The molecule has 2 aromatic carbocycles. The van der Waals surface area contributed by atoms with Crippen LogP contribution in [0.3, 0.4) is 0 Å². The highest BCUT2D eigenvalue weighted by atomic mass is 32.2. The van der Waals surface area contributed by atoms with Crippen molar-refractivity contribution in [1.82, 2.24) is 5.32 Å². The molecule has 1 unspecified atom stereocenters. The van der Waals surface area contributed by atoms with E-state index < -0.39 is 9.84 Å². The molecular weight excluding hydrogens is 334 g/mol. The molecule has 1 fully saturated rings. The number of piperidine rings is 1. The van der Waals surface area contributed by atoms with E-state index in [0.29, 0.717) is 4.90 Å². The van der Waals surface area contributed by atoms with Gasteiger partial charge in [-0.3, -0.25) is 0 Å². The molecule has 0 aliphatic carbocycles. The number of benzene rings is 2. The van der Waals surface area contributed by atoms with E-state index in [1.807, 2.05) is 30.3 Å². The van der Waals surface area contributed by atoms with Gasteiger partial charge in [0.05, 0.1) is 4.90 Å². The molecule has 2 aliphatic heterocycles. The van der Waals surface area contributed by atoms with Gasteiger partial charge in [-0.25, -0.2) is 8.42 Å². The number of para-hydroxylation sites is 1. The first kappa shape index (κ1) is 16.6. The summed E-state index contributed by atoms with van der Waals surface area (Å²) in [6.07, 6.45) is 3.99. The number of hydrogen-bond acceptors (Lipinski definition) is 4. The Morgan fingerprint density at radius 1 is 1.00 bits per heavy atom. The van der Waals surface area contributed by atoms with Crippen molar-refractivity contribution in [3.8, 4) is 5.75 Å². The van der Waals surface area contributed by atoms with Crippen LogP contribution >= 0.6 is 0 Å². The van der Waals surface area contributed by atoms with Crippen LogP contribution in [0, 0.1) is 0 Å². The van der Waals surface area contributed by atoms with Gasteiger partial charge in [0.2, 0.25) is 0 Å². The van der Waals surface area contributed by atoms with Gasteiger partial charge in [-0.15, -0.1) is 0 Å². The van der Waals surface area contributed by atoms with Gasteiger partial charge in [-0.1, -0.05) is 36.4 Å². The third-order valence-electron chi connectivity index (χ3n) is 5.41. The van der Waals surface area contributed by atoms with Gasteiger partial charge >= 0.3 is 0 Å². The maximum Gasteiger partial charge on any atom is 0.175 e. The highest BCUT2D eigenvalue weighted by Crippen LogP contribution is 2.48. The number of nitrogens with one attached hydrogen (secondary N) is 1. The van der Waals surface area contributed by atoms with E-state index in [2.05, 4.69) is 11.4 Å². The molecule has 1 N–H and O–H groups in total.